The summed E-state index contributed by atoms with van der Waals surface area (Å²) in [6, 6.07) is 5.62. The van der Waals surface area contributed by atoms with E-state index in [-0.39, 0.29) is 23.7 Å². The van der Waals surface area contributed by atoms with E-state index in [1.54, 1.807) is 0 Å². The number of nitrogens with zero attached hydrogens (tertiary/aromatic N) is 1. The Balaban J connectivity index is 2.17. The van der Waals surface area contributed by atoms with Crippen molar-refractivity contribution in [3.8, 4) is 0 Å². The number of nitro benzene ring substituents is 1. The zero-order valence-electron chi connectivity index (χ0n) is 13.6. The summed E-state index contributed by atoms with van der Waals surface area (Å²) in [6.45, 7) is -0.336. The number of methoxy groups -OCH3 is 1. The molecule has 0 saturated heterocycles. The Morgan fingerprint density at radius 1 is 1.19 bits per heavy atom. The van der Waals surface area contributed by atoms with Crippen LogP contribution in [0.25, 0.3) is 0 Å². The number of benzene rings is 1. The summed E-state index contributed by atoms with van der Waals surface area (Å²) >= 11 is 0. The molecule has 0 aliphatic rings. The third-order valence-corrected chi connectivity index (χ3v) is 4.33. The number of nitro groups is 1. The van der Waals surface area contributed by atoms with Crippen LogP contribution in [0.1, 0.15) is 26.7 Å². The van der Waals surface area contributed by atoms with Crippen LogP contribution >= 0.6 is 0 Å². The lowest BCUT2D eigenvalue weighted by Gasteiger charge is -2.05. The quantitative estimate of drug-likeness (QED) is 0.414. The molecule has 1 aromatic carbocycles. The number of rotatable bonds is 6. The van der Waals surface area contributed by atoms with Crippen LogP contribution in [-0.4, -0.2) is 38.6 Å². The number of hydrogen-bond acceptors (Lipinski definition) is 9. The van der Waals surface area contributed by atoms with Crippen LogP contribution in [0, 0.1) is 10.1 Å². The summed E-state index contributed by atoms with van der Waals surface area (Å²) in [5.41, 5.74) is -0.934. The molecule has 0 spiro atoms. The minimum atomic E-state index is -3.84. The number of sulfone groups is 1. The molecule has 0 saturated carbocycles. The van der Waals surface area contributed by atoms with Gasteiger partial charge in [0.05, 0.1) is 17.6 Å². The van der Waals surface area contributed by atoms with Crippen LogP contribution in [-0.2, 0) is 25.9 Å². The van der Waals surface area contributed by atoms with Crippen LogP contribution in [0.4, 0.5) is 5.69 Å². The van der Waals surface area contributed by atoms with E-state index in [0.717, 1.165) is 24.5 Å². The van der Waals surface area contributed by atoms with E-state index in [2.05, 4.69) is 4.74 Å². The van der Waals surface area contributed by atoms with E-state index in [0.29, 0.717) is 0 Å². The Morgan fingerprint density at radius 3 is 2.46 bits per heavy atom. The lowest BCUT2D eigenvalue weighted by Crippen LogP contribution is -2.08. The highest BCUT2D eigenvalue weighted by atomic mass is 32.2. The van der Waals surface area contributed by atoms with Gasteiger partial charge in [0.15, 0.2) is 9.84 Å². The summed E-state index contributed by atoms with van der Waals surface area (Å²) in [6.07, 6.45) is 0.823. The highest BCUT2D eigenvalue weighted by Crippen LogP contribution is 2.25. The van der Waals surface area contributed by atoms with E-state index >= 15 is 0 Å². The Bertz CT molecular complexity index is 975. The van der Waals surface area contributed by atoms with Gasteiger partial charge in [0.1, 0.15) is 17.3 Å². The van der Waals surface area contributed by atoms with Crippen molar-refractivity contribution < 1.29 is 36.8 Å². The van der Waals surface area contributed by atoms with E-state index in [9.17, 15) is 28.1 Å². The van der Waals surface area contributed by atoms with E-state index in [1.165, 1.54) is 19.2 Å². The van der Waals surface area contributed by atoms with Crippen LogP contribution in [0.2, 0.25) is 0 Å². The maximum atomic E-state index is 12.0. The minimum absolute atomic E-state index is 0.0771. The number of ether oxygens (including phenoxy) is 2. The van der Waals surface area contributed by atoms with Gasteiger partial charge < -0.3 is 13.9 Å². The van der Waals surface area contributed by atoms with Gasteiger partial charge in [-0.05, 0) is 24.3 Å². The molecule has 0 aliphatic carbocycles. The number of esters is 2. The number of hydrogen-bond donors (Lipinski definition) is 0. The number of furan rings is 1. The van der Waals surface area contributed by atoms with Gasteiger partial charge in [-0.2, -0.15) is 0 Å². The molecule has 10 nitrogen and oxygen atoms in total. The van der Waals surface area contributed by atoms with E-state index in [4.69, 9.17) is 9.15 Å². The van der Waals surface area contributed by atoms with Gasteiger partial charge in [0.2, 0.25) is 5.76 Å². The Morgan fingerprint density at radius 2 is 1.88 bits per heavy atom. The first kappa shape index (κ1) is 19.1. The monoisotopic (exact) mass is 383 g/mol. The van der Waals surface area contributed by atoms with Gasteiger partial charge in [-0.3, -0.25) is 10.1 Å². The SMILES string of the molecule is COC(=O)c1ccc(COC(=O)c2ccc(S(C)(=O)=O)c([N+](=O)[O-])c2)o1. The molecule has 0 aliphatic heterocycles. The predicted molar refractivity (Wildman–Crippen MR) is 85.4 cm³/mol. The molecule has 2 aromatic rings. The molecule has 0 amide bonds. The molecule has 0 bridgehead atoms. The van der Waals surface area contributed by atoms with Crippen molar-refractivity contribution in [3.63, 3.8) is 0 Å². The van der Waals surface area contributed by atoms with Crippen molar-refractivity contribution in [2.24, 2.45) is 0 Å². The largest absolute Gasteiger partial charge is 0.463 e. The smallest absolute Gasteiger partial charge is 0.373 e. The molecule has 11 heteroatoms. The molecular weight excluding hydrogens is 370 g/mol. The normalized spacial score (nSPS) is 11.0. The maximum Gasteiger partial charge on any atom is 0.373 e. The van der Waals surface area contributed by atoms with Crippen molar-refractivity contribution in [1.29, 1.82) is 0 Å². The Hall–Kier alpha value is -3.21. The van der Waals surface area contributed by atoms with Gasteiger partial charge in [-0.25, -0.2) is 18.0 Å². The lowest BCUT2D eigenvalue weighted by molar-refractivity contribution is -0.387. The number of carbonyl (C=O) groups is 2. The predicted octanol–water partition coefficient (Wildman–Crippen LogP) is 1.73. The second-order valence-corrected chi connectivity index (χ2v) is 7.03. The van der Waals surface area contributed by atoms with Crippen molar-refractivity contribution >= 4 is 27.5 Å². The first-order valence-electron chi connectivity index (χ1n) is 6.96. The average molecular weight is 383 g/mol. The molecule has 1 heterocycles. The fraction of sp³-hybridized carbons (Fsp3) is 0.200. The van der Waals surface area contributed by atoms with Crippen LogP contribution in [0.15, 0.2) is 39.6 Å². The summed E-state index contributed by atoms with van der Waals surface area (Å²) in [5.74, 6) is -1.55. The van der Waals surface area contributed by atoms with Crippen molar-refractivity contribution in [2.45, 2.75) is 11.5 Å². The number of carbonyl (C=O) groups excluding carboxylic acids is 2. The Labute approximate surface area is 147 Å². The molecule has 2 rings (SSSR count). The second kappa shape index (κ2) is 7.35. The molecule has 0 atom stereocenters. The lowest BCUT2D eigenvalue weighted by atomic mass is 10.2. The van der Waals surface area contributed by atoms with Gasteiger partial charge in [-0.15, -0.1) is 0 Å². The molecule has 138 valence electrons. The van der Waals surface area contributed by atoms with Crippen LogP contribution in [0.5, 0.6) is 0 Å². The van der Waals surface area contributed by atoms with Crippen molar-refractivity contribution in [2.75, 3.05) is 13.4 Å². The molecule has 0 fully saturated rings. The summed E-state index contributed by atoms with van der Waals surface area (Å²) in [5, 5.41) is 11.0. The first-order chi connectivity index (χ1) is 12.1. The van der Waals surface area contributed by atoms with Crippen molar-refractivity contribution in [3.05, 3.63) is 57.5 Å². The maximum absolute atomic E-state index is 12.0. The minimum Gasteiger partial charge on any atom is -0.463 e. The van der Waals surface area contributed by atoms with Gasteiger partial charge in [0.25, 0.3) is 5.69 Å². The summed E-state index contributed by atoms with van der Waals surface area (Å²) in [7, 11) is -2.66. The first-order valence-corrected chi connectivity index (χ1v) is 8.85. The highest BCUT2D eigenvalue weighted by molar-refractivity contribution is 7.90. The molecule has 0 N–H and O–H groups in total. The third-order valence-electron chi connectivity index (χ3n) is 3.18. The zero-order valence-corrected chi connectivity index (χ0v) is 14.4. The standard InChI is InChI=1S/C15H13NO9S/c1-23-15(18)12-5-4-10(25-12)8-24-14(17)9-3-6-13(26(2,21)22)11(7-9)16(19)20/h3-7H,8H2,1-2H3. The molecule has 1 aromatic heterocycles. The average Bonchev–Trinajstić information content (AvgIpc) is 3.06. The molecule has 0 radical (unpaired) electrons. The van der Waals surface area contributed by atoms with Gasteiger partial charge in [-0.1, -0.05) is 0 Å². The van der Waals surface area contributed by atoms with E-state index in [1.807, 2.05) is 0 Å². The van der Waals surface area contributed by atoms with Crippen LogP contribution < -0.4 is 0 Å². The van der Waals surface area contributed by atoms with Crippen LogP contribution in [0.3, 0.4) is 0 Å². The molecule has 0 unspecified atom stereocenters. The fourth-order valence-corrected chi connectivity index (χ4v) is 2.81. The van der Waals surface area contributed by atoms with Crippen molar-refractivity contribution in [1.82, 2.24) is 0 Å². The molecular formula is C15H13NO9S. The fourth-order valence-electron chi connectivity index (χ4n) is 1.99. The topological polar surface area (TPSA) is 143 Å². The van der Waals surface area contributed by atoms with Gasteiger partial charge in [0, 0.05) is 12.3 Å². The highest BCUT2D eigenvalue weighted by Gasteiger charge is 2.24. The Kier molecular flexibility index (Phi) is 5.41. The summed E-state index contributed by atoms with van der Waals surface area (Å²) < 4.78 is 37.6. The summed E-state index contributed by atoms with van der Waals surface area (Å²) in [4.78, 5) is 32.9. The van der Waals surface area contributed by atoms with Gasteiger partial charge >= 0.3 is 11.9 Å². The molecule has 26 heavy (non-hydrogen) atoms. The zero-order chi connectivity index (χ0) is 19.5. The third kappa shape index (κ3) is 4.25. The van der Waals surface area contributed by atoms with E-state index < -0.39 is 37.3 Å². The second-order valence-electron chi connectivity index (χ2n) is 5.05.